The van der Waals surface area contributed by atoms with Gasteiger partial charge in [0.1, 0.15) is 0 Å². The van der Waals surface area contributed by atoms with Crippen LogP contribution in [0.25, 0.3) is 10.8 Å². The van der Waals surface area contributed by atoms with Gasteiger partial charge in [0, 0.05) is 40.1 Å². The topological polar surface area (TPSA) is 71.1 Å². The summed E-state index contributed by atoms with van der Waals surface area (Å²) in [7, 11) is -1.46. The molecule has 6 heteroatoms. The van der Waals surface area contributed by atoms with Crippen molar-refractivity contribution < 1.29 is 9.00 Å². The fourth-order valence-electron chi connectivity index (χ4n) is 2.91. The Bertz CT molecular complexity index is 1150. The van der Waals surface area contributed by atoms with Crippen LogP contribution in [-0.4, -0.2) is 15.1 Å². The summed E-state index contributed by atoms with van der Waals surface area (Å²) < 4.78 is 15.9. The van der Waals surface area contributed by atoms with Crippen molar-refractivity contribution in [3.05, 3.63) is 96.8 Å². The molecule has 0 bridgehead atoms. The number of fused-ring (bicyclic) bond motifs is 1. The molecule has 0 aliphatic heterocycles. The predicted octanol–water partition coefficient (Wildman–Crippen LogP) is 4.62. The maximum absolute atomic E-state index is 12.9. The van der Waals surface area contributed by atoms with Crippen LogP contribution in [-0.2, 0) is 11.0 Å². The minimum absolute atomic E-state index is 0.186. The zero-order chi connectivity index (χ0) is 19.3. The van der Waals surface area contributed by atoms with Crippen LogP contribution < -0.4 is 10.0 Å². The normalized spacial score (nSPS) is 11.7. The first kappa shape index (κ1) is 17.9. The van der Waals surface area contributed by atoms with Gasteiger partial charge in [-0.15, -0.1) is 0 Å². The number of hydrogen-bond donors (Lipinski definition) is 2. The summed E-state index contributed by atoms with van der Waals surface area (Å²) in [4.78, 5) is 17.1. The number of carbonyl (C=O) groups is 1. The van der Waals surface area contributed by atoms with E-state index < -0.39 is 11.0 Å². The monoisotopic (exact) mass is 387 g/mol. The van der Waals surface area contributed by atoms with Crippen molar-refractivity contribution in [1.29, 1.82) is 0 Å². The van der Waals surface area contributed by atoms with E-state index in [1.807, 2.05) is 42.5 Å². The van der Waals surface area contributed by atoms with Gasteiger partial charge in [-0.3, -0.25) is 9.78 Å². The van der Waals surface area contributed by atoms with E-state index in [-0.39, 0.29) is 5.91 Å². The first-order valence-electron chi connectivity index (χ1n) is 8.69. The molecule has 0 fully saturated rings. The maximum atomic E-state index is 12.9. The molecule has 1 amide bonds. The highest BCUT2D eigenvalue weighted by molar-refractivity contribution is 7.86. The van der Waals surface area contributed by atoms with Crippen LogP contribution in [0.15, 0.2) is 96.2 Å². The zero-order valence-corrected chi connectivity index (χ0v) is 15.6. The first-order chi connectivity index (χ1) is 13.7. The van der Waals surface area contributed by atoms with Gasteiger partial charge in [-0.2, -0.15) is 0 Å². The number of aromatic nitrogens is 1. The first-order valence-corrected chi connectivity index (χ1v) is 9.84. The van der Waals surface area contributed by atoms with Crippen molar-refractivity contribution in [2.45, 2.75) is 4.90 Å². The van der Waals surface area contributed by atoms with Crippen molar-refractivity contribution in [2.75, 3.05) is 10.0 Å². The van der Waals surface area contributed by atoms with Gasteiger partial charge in [0.15, 0.2) is 11.0 Å². The molecule has 2 N–H and O–H groups in total. The number of hydrogen-bond acceptors (Lipinski definition) is 3. The van der Waals surface area contributed by atoms with Gasteiger partial charge in [-0.25, -0.2) is 4.21 Å². The maximum Gasteiger partial charge on any atom is 0.255 e. The summed E-state index contributed by atoms with van der Waals surface area (Å²) >= 11 is 0. The fraction of sp³-hybridized carbons (Fsp3) is 0. The summed E-state index contributed by atoms with van der Waals surface area (Å²) in [5.41, 5.74) is 1.98. The van der Waals surface area contributed by atoms with Crippen LogP contribution in [0.1, 0.15) is 10.4 Å². The van der Waals surface area contributed by atoms with E-state index >= 15 is 0 Å². The average Bonchev–Trinajstić information content (AvgIpc) is 2.75. The Morgan fingerprint density at radius 1 is 0.786 bits per heavy atom. The minimum Gasteiger partial charge on any atom is -0.321 e. The third-order valence-electron chi connectivity index (χ3n) is 4.26. The highest BCUT2D eigenvalue weighted by Gasteiger charge is 2.13. The molecule has 0 aliphatic rings. The lowest BCUT2D eigenvalue weighted by Crippen LogP contribution is -2.12. The van der Waals surface area contributed by atoms with Crippen LogP contribution in [0.5, 0.6) is 0 Å². The molecule has 138 valence electrons. The van der Waals surface area contributed by atoms with Crippen molar-refractivity contribution >= 4 is 39.0 Å². The summed E-state index contributed by atoms with van der Waals surface area (Å²) in [6, 6.07) is 23.7. The quantitative estimate of drug-likeness (QED) is 0.525. The standard InChI is InChI=1S/C22H17N3O2S/c26-22(16-6-2-1-3-7-16)24-20-10-11-21(19-9-5-4-8-18(19)20)28(27)25-17-12-14-23-15-13-17/h1-15H,(H,23,25)(H,24,26). The molecule has 0 saturated heterocycles. The number of amides is 1. The number of nitrogens with zero attached hydrogens (tertiary/aromatic N) is 1. The molecule has 0 aliphatic carbocycles. The highest BCUT2D eigenvalue weighted by atomic mass is 32.2. The summed E-state index contributed by atoms with van der Waals surface area (Å²) in [5, 5.41) is 4.59. The van der Waals surface area contributed by atoms with Gasteiger partial charge in [-0.1, -0.05) is 42.5 Å². The number of carbonyl (C=O) groups excluding carboxylic acids is 1. The zero-order valence-electron chi connectivity index (χ0n) is 14.8. The molecule has 0 radical (unpaired) electrons. The molecule has 5 nitrogen and oxygen atoms in total. The summed E-state index contributed by atoms with van der Waals surface area (Å²) in [6.07, 6.45) is 3.28. The van der Waals surface area contributed by atoms with Crippen LogP contribution >= 0.6 is 0 Å². The molecule has 1 aromatic heterocycles. The van der Waals surface area contributed by atoms with Crippen LogP contribution in [0.2, 0.25) is 0 Å². The van der Waals surface area contributed by atoms with Crippen LogP contribution in [0, 0.1) is 0 Å². The second-order valence-electron chi connectivity index (χ2n) is 6.08. The molecular weight excluding hydrogens is 370 g/mol. The molecule has 3 aromatic carbocycles. The molecule has 1 atom stereocenters. The van der Waals surface area contributed by atoms with Gasteiger partial charge >= 0.3 is 0 Å². The Labute approximate surface area is 165 Å². The second-order valence-corrected chi connectivity index (χ2v) is 7.27. The summed E-state index contributed by atoms with van der Waals surface area (Å²) in [6.45, 7) is 0. The van der Waals surface area contributed by atoms with Crippen LogP contribution in [0.4, 0.5) is 11.4 Å². The van der Waals surface area contributed by atoms with Gasteiger partial charge < -0.3 is 10.0 Å². The third-order valence-corrected chi connectivity index (χ3v) is 5.44. The van der Waals surface area contributed by atoms with E-state index in [2.05, 4.69) is 15.0 Å². The number of rotatable bonds is 5. The highest BCUT2D eigenvalue weighted by Crippen LogP contribution is 2.29. The van der Waals surface area contributed by atoms with E-state index in [1.54, 1.807) is 48.8 Å². The predicted molar refractivity (Wildman–Crippen MR) is 113 cm³/mol. The Kier molecular flexibility index (Phi) is 5.12. The SMILES string of the molecule is O=C(Nc1ccc(S(=O)Nc2ccncc2)c2ccccc12)c1ccccc1. The molecule has 4 rings (SSSR count). The number of pyridine rings is 1. The van der Waals surface area contributed by atoms with Crippen molar-refractivity contribution in [3.63, 3.8) is 0 Å². The van der Waals surface area contributed by atoms with Crippen LogP contribution in [0.3, 0.4) is 0 Å². The van der Waals surface area contributed by atoms with E-state index in [1.165, 1.54) is 0 Å². The molecule has 1 heterocycles. The van der Waals surface area contributed by atoms with Gasteiger partial charge in [0.05, 0.1) is 4.90 Å². The van der Waals surface area contributed by atoms with E-state index in [4.69, 9.17) is 0 Å². The minimum atomic E-state index is -1.46. The fourth-order valence-corrected chi connectivity index (χ4v) is 3.94. The Morgan fingerprint density at radius 3 is 2.21 bits per heavy atom. The van der Waals surface area contributed by atoms with Crippen molar-refractivity contribution in [3.8, 4) is 0 Å². The molecule has 28 heavy (non-hydrogen) atoms. The molecule has 0 saturated carbocycles. The molecular formula is C22H17N3O2S. The van der Waals surface area contributed by atoms with Crippen molar-refractivity contribution in [1.82, 2.24) is 4.98 Å². The number of nitrogens with one attached hydrogen (secondary N) is 2. The van der Waals surface area contributed by atoms with Gasteiger partial charge in [0.25, 0.3) is 5.91 Å². The molecule has 4 aromatic rings. The Hall–Kier alpha value is -3.51. The van der Waals surface area contributed by atoms with Gasteiger partial charge in [0.2, 0.25) is 0 Å². The lowest BCUT2D eigenvalue weighted by Gasteiger charge is -2.13. The smallest absolute Gasteiger partial charge is 0.255 e. The largest absolute Gasteiger partial charge is 0.321 e. The van der Waals surface area contributed by atoms with E-state index in [0.29, 0.717) is 16.1 Å². The third kappa shape index (κ3) is 3.77. The lowest BCUT2D eigenvalue weighted by molar-refractivity contribution is 0.102. The number of anilines is 2. The van der Waals surface area contributed by atoms with E-state index in [0.717, 1.165) is 16.5 Å². The molecule has 1 unspecified atom stereocenters. The second kappa shape index (κ2) is 8.02. The lowest BCUT2D eigenvalue weighted by atomic mass is 10.1. The molecule has 0 spiro atoms. The van der Waals surface area contributed by atoms with Gasteiger partial charge in [-0.05, 0) is 36.4 Å². The Balaban J connectivity index is 1.67. The van der Waals surface area contributed by atoms with Crippen molar-refractivity contribution in [2.24, 2.45) is 0 Å². The summed E-state index contributed by atoms with van der Waals surface area (Å²) in [5.74, 6) is -0.186. The average molecular weight is 387 g/mol. The number of benzene rings is 3. The van der Waals surface area contributed by atoms with E-state index in [9.17, 15) is 9.00 Å². The Morgan fingerprint density at radius 2 is 1.46 bits per heavy atom.